The SMILES string of the molecule is CCCC(Oc1cccc(C(=O)Nc2cc(CCCS(=O)(=O)c3ccc(Cl)cc3)ccc2OCc2nn[nH]n2)c1)c1nccs1. The largest absolute Gasteiger partial charge is 0.483 e. The van der Waals surface area contributed by atoms with Gasteiger partial charge in [0, 0.05) is 22.2 Å². The molecule has 5 aromatic rings. The summed E-state index contributed by atoms with van der Waals surface area (Å²) in [5.41, 5.74) is 1.64. The van der Waals surface area contributed by atoms with E-state index in [9.17, 15) is 13.2 Å². The number of ether oxygens (including phenoxy) is 2. The highest BCUT2D eigenvalue weighted by Crippen LogP contribution is 2.30. The fourth-order valence-electron chi connectivity index (χ4n) is 4.53. The molecule has 1 unspecified atom stereocenters. The number of aromatic nitrogens is 5. The maximum absolute atomic E-state index is 13.5. The van der Waals surface area contributed by atoms with Crippen LogP contribution in [0.15, 0.2) is 83.2 Å². The third-order valence-electron chi connectivity index (χ3n) is 6.74. The number of H-pyrrole nitrogens is 1. The summed E-state index contributed by atoms with van der Waals surface area (Å²) in [7, 11) is -3.48. The molecule has 0 spiro atoms. The molecule has 14 heteroatoms. The second-order valence-electron chi connectivity index (χ2n) is 10.1. The number of amides is 1. The van der Waals surface area contributed by atoms with Crippen LogP contribution in [0.4, 0.5) is 5.69 Å². The molecule has 2 aromatic heterocycles. The van der Waals surface area contributed by atoms with Gasteiger partial charge >= 0.3 is 0 Å². The summed E-state index contributed by atoms with van der Waals surface area (Å²) in [6, 6.07) is 18.4. The number of carbonyl (C=O) groups is 1. The first-order valence-electron chi connectivity index (χ1n) is 14.2. The molecule has 3 aromatic carbocycles. The number of halogens is 1. The zero-order valence-electron chi connectivity index (χ0n) is 24.4. The highest BCUT2D eigenvalue weighted by atomic mass is 35.5. The van der Waals surface area contributed by atoms with Crippen LogP contribution in [0.2, 0.25) is 5.02 Å². The van der Waals surface area contributed by atoms with Gasteiger partial charge in [0.1, 0.15) is 22.6 Å². The van der Waals surface area contributed by atoms with E-state index in [2.05, 4.69) is 37.8 Å². The summed E-state index contributed by atoms with van der Waals surface area (Å²) >= 11 is 7.44. The number of rotatable bonds is 15. The fourth-order valence-corrected chi connectivity index (χ4v) is 6.66. The number of hydrogen-bond donors (Lipinski definition) is 2. The zero-order valence-corrected chi connectivity index (χ0v) is 26.7. The van der Waals surface area contributed by atoms with Gasteiger partial charge in [0.15, 0.2) is 16.4 Å². The number of hydrogen-bond acceptors (Lipinski definition) is 10. The molecule has 0 aliphatic heterocycles. The van der Waals surface area contributed by atoms with Crippen molar-refractivity contribution >= 4 is 44.4 Å². The van der Waals surface area contributed by atoms with Gasteiger partial charge < -0.3 is 14.8 Å². The Hall–Kier alpha value is -4.33. The molecule has 11 nitrogen and oxygen atoms in total. The first-order valence-corrected chi connectivity index (χ1v) is 17.2. The Kier molecular flexibility index (Phi) is 10.8. The summed E-state index contributed by atoms with van der Waals surface area (Å²) in [6.07, 6.45) is 4.08. The number of tetrazole rings is 1. The summed E-state index contributed by atoms with van der Waals surface area (Å²) < 4.78 is 37.7. The molecule has 1 atom stereocenters. The predicted octanol–water partition coefficient (Wildman–Crippen LogP) is 6.47. The van der Waals surface area contributed by atoms with Crippen LogP contribution in [0.5, 0.6) is 11.5 Å². The third-order valence-corrected chi connectivity index (χ3v) is 9.68. The van der Waals surface area contributed by atoms with Gasteiger partial charge in [-0.25, -0.2) is 13.4 Å². The van der Waals surface area contributed by atoms with Crippen LogP contribution in [-0.2, 0) is 22.9 Å². The average molecular weight is 667 g/mol. The molecule has 5 rings (SSSR count). The van der Waals surface area contributed by atoms with Crippen molar-refractivity contribution in [2.75, 3.05) is 11.1 Å². The van der Waals surface area contributed by atoms with E-state index in [1.807, 2.05) is 17.5 Å². The number of sulfone groups is 1. The van der Waals surface area contributed by atoms with Crippen molar-refractivity contribution < 1.29 is 22.7 Å². The first kappa shape index (κ1) is 32.1. The Morgan fingerprint density at radius 1 is 1.11 bits per heavy atom. The van der Waals surface area contributed by atoms with Crippen molar-refractivity contribution in [1.29, 1.82) is 0 Å². The van der Waals surface area contributed by atoms with Crippen LogP contribution in [0.1, 0.15) is 59.0 Å². The first-order chi connectivity index (χ1) is 21.8. The Bertz CT molecular complexity index is 1800. The average Bonchev–Trinajstić information content (AvgIpc) is 3.76. The van der Waals surface area contributed by atoms with Crippen molar-refractivity contribution in [3.05, 3.63) is 105 Å². The van der Waals surface area contributed by atoms with E-state index >= 15 is 0 Å². The number of aryl methyl sites for hydroxylation is 1. The molecule has 1 amide bonds. The van der Waals surface area contributed by atoms with E-state index in [-0.39, 0.29) is 29.3 Å². The van der Waals surface area contributed by atoms with E-state index in [4.69, 9.17) is 21.1 Å². The molecule has 0 saturated carbocycles. The Morgan fingerprint density at radius 2 is 1.96 bits per heavy atom. The van der Waals surface area contributed by atoms with Gasteiger partial charge in [0.05, 0.1) is 16.3 Å². The highest BCUT2D eigenvalue weighted by molar-refractivity contribution is 7.91. The lowest BCUT2D eigenvalue weighted by Crippen LogP contribution is -2.14. The fraction of sp³-hybridized carbons (Fsp3) is 0.258. The van der Waals surface area contributed by atoms with E-state index < -0.39 is 9.84 Å². The van der Waals surface area contributed by atoms with Gasteiger partial charge in [-0.05, 0) is 79.4 Å². The monoisotopic (exact) mass is 666 g/mol. The second-order valence-corrected chi connectivity index (χ2v) is 13.5. The summed E-state index contributed by atoms with van der Waals surface area (Å²) in [6.45, 7) is 2.11. The molecular formula is C31H31ClN6O5S2. The van der Waals surface area contributed by atoms with Gasteiger partial charge in [-0.15, -0.1) is 21.5 Å². The van der Waals surface area contributed by atoms with Gasteiger partial charge in [-0.1, -0.05) is 42.3 Å². The Morgan fingerprint density at radius 3 is 2.69 bits per heavy atom. The molecule has 2 heterocycles. The molecule has 45 heavy (non-hydrogen) atoms. The minimum absolute atomic E-state index is 0.0248. The van der Waals surface area contributed by atoms with Gasteiger partial charge in [0.2, 0.25) is 5.82 Å². The second kappa shape index (κ2) is 15.1. The minimum Gasteiger partial charge on any atom is -0.483 e. The number of nitrogens with zero attached hydrogens (tertiary/aromatic N) is 4. The van der Waals surface area contributed by atoms with E-state index in [1.54, 1.807) is 48.7 Å². The number of carbonyl (C=O) groups excluding carboxylic acids is 1. The van der Waals surface area contributed by atoms with E-state index in [0.717, 1.165) is 23.4 Å². The number of anilines is 1. The highest BCUT2D eigenvalue weighted by Gasteiger charge is 2.18. The lowest BCUT2D eigenvalue weighted by molar-refractivity contribution is 0.102. The van der Waals surface area contributed by atoms with Crippen LogP contribution in [-0.4, -0.2) is 45.7 Å². The van der Waals surface area contributed by atoms with E-state index in [1.165, 1.54) is 23.5 Å². The number of benzene rings is 3. The number of nitrogens with one attached hydrogen (secondary N) is 2. The molecule has 0 radical (unpaired) electrons. The molecule has 0 fully saturated rings. The van der Waals surface area contributed by atoms with Crippen LogP contribution in [0, 0.1) is 0 Å². The van der Waals surface area contributed by atoms with Gasteiger partial charge in [0.25, 0.3) is 5.91 Å². The van der Waals surface area contributed by atoms with Crippen molar-refractivity contribution in [3.8, 4) is 11.5 Å². The lowest BCUT2D eigenvalue weighted by atomic mass is 10.1. The van der Waals surface area contributed by atoms with Crippen LogP contribution < -0.4 is 14.8 Å². The smallest absolute Gasteiger partial charge is 0.255 e. The zero-order chi connectivity index (χ0) is 31.6. The molecule has 2 N–H and O–H groups in total. The third kappa shape index (κ3) is 8.87. The van der Waals surface area contributed by atoms with Crippen LogP contribution >= 0.6 is 22.9 Å². The van der Waals surface area contributed by atoms with Crippen LogP contribution in [0.25, 0.3) is 0 Å². The number of thiazole rings is 1. The Balaban J connectivity index is 1.30. The van der Waals surface area contributed by atoms with Crippen molar-refractivity contribution in [2.24, 2.45) is 0 Å². The lowest BCUT2D eigenvalue weighted by Gasteiger charge is -2.17. The van der Waals surface area contributed by atoms with Crippen LogP contribution in [0.3, 0.4) is 0 Å². The molecule has 0 aliphatic rings. The predicted molar refractivity (Wildman–Crippen MR) is 172 cm³/mol. The van der Waals surface area contributed by atoms with Crippen molar-refractivity contribution in [2.45, 2.75) is 50.2 Å². The topological polar surface area (TPSA) is 149 Å². The molecule has 0 saturated heterocycles. The van der Waals surface area contributed by atoms with Crippen molar-refractivity contribution in [1.82, 2.24) is 25.6 Å². The van der Waals surface area contributed by atoms with E-state index in [0.29, 0.717) is 46.4 Å². The Labute approximate surface area is 269 Å². The maximum atomic E-state index is 13.5. The quantitative estimate of drug-likeness (QED) is 0.128. The molecule has 0 bridgehead atoms. The number of aromatic amines is 1. The standard InChI is InChI=1S/C31H31ClN6O5S2/c1-2-5-28(31-33-15-16-44-31)43-24-8-3-7-22(19-24)30(39)34-26-18-21(9-14-27(26)42-20-29-35-37-38-36-29)6-4-17-45(40,41)25-12-10-23(32)11-13-25/h3,7-16,18-19,28H,2,4-6,17,20H2,1H3,(H,34,39)(H,35,36,37,38). The normalized spacial score (nSPS) is 12.0. The summed E-state index contributed by atoms with van der Waals surface area (Å²) in [4.78, 5) is 18.1. The molecule has 0 aliphatic carbocycles. The molecule has 234 valence electrons. The maximum Gasteiger partial charge on any atom is 0.255 e. The minimum atomic E-state index is -3.48. The summed E-state index contributed by atoms with van der Waals surface area (Å²) in [5.74, 6) is 0.883. The molecular weight excluding hydrogens is 636 g/mol. The van der Waals surface area contributed by atoms with Crippen molar-refractivity contribution in [3.63, 3.8) is 0 Å². The van der Waals surface area contributed by atoms with Gasteiger partial charge in [-0.2, -0.15) is 5.21 Å². The van der Waals surface area contributed by atoms with Gasteiger partial charge in [-0.3, -0.25) is 4.79 Å². The summed E-state index contributed by atoms with van der Waals surface area (Å²) in [5, 5.41) is 19.9.